The predicted octanol–water partition coefficient (Wildman–Crippen LogP) is 29.3. The van der Waals surface area contributed by atoms with Crippen molar-refractivity contribution in [2.45, 2.75) is 61.8 Å². The smallest absolute Gasteiger partial charge is 0.155 e. The molecular weight excluding hydrogens is 2520 g/mol. The fourth-order valence-corrected chi connectivity index (χ4v) is 13.8. The molecule has 19 rings (SSSR count). The Labute approximate surface area is 852 Å². The van der Waals surface area contributed by atoms with Crippen LogP contribution in [0, 0.1) is 77.1 Å². The molecule has 0 atom stereocenters. The van der Waals surface area contributed by atoms with Crippen LogP contribution < -0.4 is 0 Å². The van der Waals surface area contributed by atoms with E-state index in [-0.39, 0.29) is 112 Å². The molecular formula is C119H98Ir5N7O2-7. The summed E-state index contributed by atoms with van der Waals surface area (Å²) >= 11 is 0. The molecule has 19 aromatic rings. The molecule has 5 radical (unpaired) electrons. The first-order valence-electron chi connectivity index (χ1n) is 42.3. The van der Waals surface area contributed by atoms with E-state index in [1.807, 2.05) is 298 Å². The van der Waals surface area contributed by atoms with Crippen molar-refractivity contribution in [2.24, 2.45) is 0 Å². The van der Waals surface area contributed by atoms with E-state index in [2.05, 4.69) is 234 Å². The Morgan fingerprint density at radius 3 is 0.782 bits per heavy atom. The van der Waals surface area contributed by atoms with Gasteiger partial charge in [-0.15, -0.1) is 251 Å². The van der Waals surface area contributed by atoms with Gasteiger partial charge in [0.15, 0.2) is 5.78 Å². The van der Waals surface area contributed by atoms with Gasteiger partial charge in [0.25, 0.3) is 0 Å². The second-order valence-corrected chi connectivity index (χ2v) is 29.8. The number of aryl methyl sites for hydroxylation is 6. The molecule has 0 aliphatic carbocycles. The maximum Gasteiger partial charge on any atom is 0.155 e. The van der Waals surface area contributed by atoms with Gasteiger partial charge in [-0.1, -0.05) is 212 Å². The van der Waals surface area contributed by atoms with Crippen LogP contribution in [-0.2, 0) is 112 Å². The summed E-state index contributed by atoms with van der Waals surface area (Å²) in [5, 5.41) is 8.36. The number of allylic oxidation sites excluding steroid dienone is 2. The molecule has 7 heterocycles. The van der Waals surface area contributed by atoms with E-state index in [0.29, 0.717) is 0 Å². The topological polar surface area (TPSA) is 128 Å². The molecule has 673 valence electrons. The molecule has 14 heteroatoms. The van der Waals surface area contributed by atoms with Crippen LogP contribution >= 0.6 is 0 Å². The fourth-order valence-electron chi connectivity index (χ4n) is 13.8. The van der Waals surface area contributed by atoms with Crippen LogP contribution in [0.25, 0.3) is 134 Å². The van der Waals surface area contributed by atoms with E-state index in [0.717, 1.165) is 85.2 Å². The SMILES string of the molecule is CC(=O)C=C(C)O.CCc1cc(-c2[c-]cccc2)ncc1-c1ccccc1.Cc1cc(-c2[c-]cccc2)ncc1-c1ccccc1.Cc1cc(-c2[c-]cccc2)ncc1-c1ccccc1.Cc1cc(-c2[c-]cccc2)ncc1-c1ccccc1.Cc1cc(C)cc(-c2ccnc(-c3[c-]cccc3)c2)c1.[Ir].[Ir].[Ir].[Ir].[Ir].[c-]1ccccc1-c1ccccn1.[c-]1ccccc1-c1ccccn1. The molecule has 0 fully saturated rings. The number of pyridine rings is 7. The number of hydrogen-bond donors (Lipinski definition) is 1. The summed E-state index contributed by atoms with van der Waals surface area (Å²) < 4.78 is 0. The normalized spacial score (nSPS) is 9.94. The van der Waals surface area contributed by atoms with Crippen LogP contribution in [0.5, 0.6) is 0 Å². The molecule has 0 aliphatic rings. The van der Waals surface area contributed by atoms with Gasteiger partial charge in [0, 0.05) is 172 Å². The molecule has 133 heavy (non-hydrogen) atoms. The Balaban J connectivity index is 0.000000209. The zero-order chi connectivity index (χ0) is 89.3. The average molecular weight is 2620 g/mol. The van der Waals surface area contributed by atoms with Gasteiger partial charge in [-0.2, -0.15) is 0 Å². The zero-order valence-electron chi connectivity index (χ0n) is 74.9. The van der Waals surface area contributed by atoms with Gasteiger partial charge in [-0.05, 0) is 169 Å². The summed E-state index contributed by atoms with van der Waals surface area (Å²) in [4.78, 5) is 41.2. The summed E-state index contributed by atoms with van der Waals surface area (Å²) in [7, 11) is 0. The second kappa shape index (κ2) is 58.1. The molecule has 0 bridgehead atoms. The monoisotopic (exact) mass is 2620 g/mol. The Bertz CT molecular complexity index is 6130. The second-order valence-electron chi connectivity index (χ2n) is 29.8. The number of rotatable bonds is 14. The Morgan fingerprint density at radius 2 is 0.526 bits per heavy atom. The van der Waals surface area contributed by atoms with Crippen molar-refractivity contribution >= 4 is 5.78 Å². The third kappa shape index (κ3) is 34.0. The van der Waals surface area contributed by atoms with Crippen LogP contribution in [-0.4, -0.2) is 45.8 Å². The van der Waals surface area contributed by atoms with E-state index in [9.17, 15) is 4.79 Å². The fraction of sp³-hybridized carbons (Fsp3) is 0.0756. The molecule has 1 N–H and O–H groups in total. The quantitative estimate of drug-likeness (QED) is 0.0643. The molecule has 7 aromatic heterocycles. The molecule has 0 saturated carbocycles. The van der Waals surface area contributed by atoms with Crippen LogP contribution in [0.4, 0.5) is 0 Å². The maximum absolute atomic E-state index is 10.0. The standard InChI is InChI=1S/2C19H16N.3C18H14N.2C11H8N.C5H8O2.5Ir/c1-14-10-15(2)12-18(11-14)17-8-9-20-19(13-17)16-6-4-3-5-7-16;1-2-15-13-19(17-11-7-4-8-12-17)20-14-18(15)16-9-5-3-6-10-16;3*1-14-12-18(16-10-6-3-7-11-16)19-13-17(14)15-8-4-2-5-9-15;2*1-2-6-10(7-3-1)11-8-4-5-9-12-11;1-4(6)3-5(2)7;;;;;/h3-6,8-13H,1-2H3;3-11,13-14H,2H2,1H3;3*2-10,12-13H,1H3;2*1-6,8-9H;3,6H,1-2H3;;;;;/q7*-1;;;;;;. The van der Waals surface area contributed by atoms with Crippen LogP contribution in [0.2, 0.25) is 0 Å². The van der Waals surface area contributed by atoms with Gasteiger partial charge in [-0.3, -0.25) is 4.79 Å². The molecule has 0 spiro atoms. The van der Waals surface area contributed by atoms with Crippen molar-refractivity contribution in [1.82, 2.24) is 34.9 Å². The predicted molar refractivity (Wildman–Crippen MR) is 527 cm³/mol. The number of aromatic nitrogens is 7. The summed E-state index contributed by atoms with van der Waals surface area (Å²) in [6.07, 6.45) is 15.4. The molecule has 9 nitrogen and oxygen atoms in total. The summed E-state index contributed by atoms with van der Waals surface area (Å²) in [6, 6.07) is 150. The zero-order valence-corrected chi connectivity index (χ0v) is 86.8. The van der Waals surface area contributed by atoms with Crippen molar-refractivity contribution in [1.29, 1.82) is 0 Å². The molecule has 0 amide bonds. The summed E-state index contributed by atoms with van der Waals surface area (Å²) in [5.74, 6) is -0.0625. The van der Waals surface area contributed by atoms with Gasteiger partial charge >= 0.3 is 0 Å². The van der Waals surface area contributed by atoms with Crippen LogP contribution in [0.15, 0.2) is 437 Å². The van der Waals surface area contributed by atoms with Crippen LogP contribution in [0.3, 0.4) is 0 Å². The van der Waals surface area contributed by atoms with Gasteiger partial charge in [0.05, 0.1) is 5.76 Å². The average Bonchev–Trinajstić information content (AvgIpc) is 0.854. The number of benzene rings is 12. The van der Waals surface area contributed by atoms with Gasteiger partial charge in [-0.25, -0.2) is 0 Å². The van der Waals surface area contributed by atoms with E-state index in [1.165, 1.54) is 109 Å². The van der Waals surface area contributed by atoms with Crippen molar-refractivity contribution in [3.63, 3.8) is 0 Å². The minimum atomic E-state index is -0.125. The number of aliphatic hydroxyl groups is 1. The minimum Gasteiger partial charge on any atom is -0.512 e. The third-order valence-corrected chi connectivity index (χ3v) is 20.0. The largest absolute Gasteiger partial charge is 0.512 e. The van der Waals surface area contributed by atoms with Crippen molar-refractivity contribution in [2.75, 3.05) is 0 Å². The Hall–Kier alpha value is -12.9. The first-order valence-corrected chi connectivity index (χ1v) is 42.3. The van der Waals surface area contributed by atoms with Crippen molar-refractivity contribution in [3.05, 3.63) is 513 Å². The van der Waals surface area contributed by atoms with Gasteiger partial charge in [0.2, 0.25) is 0 Å². The first kappa shape index (κ1) is 107. The maximum atomic E-state index is 10.0. The van der Waals surface area contributed by atoms with E-state index >= 15 is 0 Å². The number of nitrogens with zero attached hydrogens (tertiary/aromatic N) is 7. The summed E-state index contributed by atoms with van der Waals surface area (Å²) in [5.41, 5.74) is 33.6. The van der Waals surface area contributed by atoms with Crippen molar-refractivity contribution < 1.29 is 110 Å². The molecule has 0 aliphatic heterocycles. The number of carbonyl (C=O) groups is 1. The van der Waals surface area contributed by atoms with E-state index in [4.69, 9.17) is 5.11 Å². The molecule has 12 aromatic carbocycles. The van der Waals surface area contributed by atoms with Gasteiger partial charge < -0.3 is 40.0 Å². The van der Waals surface area contributed by atoms with E-state index < -0.39 is 0 Å². The minimum absolute atomic E-state index is 0. The van der Waals surface area contributed by atoms with E-state index in [1.54, 1.807) is 12.4 Å². The van der Waals surface area contributed by atoms with Crippen LogP contribution in [0.1, 0.15) is 54.2 Å². The van der Waals surface area contributed by atoms with Gasteiger partial charge in [0.1, 0.15) is 0 Å². The molecule has 0 unspecified atom stereocenters. The number of aliphatic hydroxyl groups excluding tert-OH is 1. The number of carbonyl (C=O) groups excluding carboxylic acids is 1. The number of hydrogen-bond acceptors (Lipinski definition) is 9. The third-order valence-electron chi connectivity index (χ3n) is 20.0. The Morgan fingerprint density at radius 1 is 0.263 bits per heavy atom. The Kier molecular flexibility index (Phi) is 46.8. The summed E-state index contributed by atoms with van der Waals surface area (Å²) in [6.45, 7) is 15.7. The first-order chi connectivity index (χ1) is 62.7. The molecule has 0 saturated heterocycles. The van der Waals surface area contributed by atoms with Crippen molar-refractivity contribution in [3.8, 4) is 134 Å². The number of ketones is 1.